The van der Waals surface area contributed by atoms with Gasteiger partial charge in [0.2, 0.25) is 5.89 Å². The first-order valence-corrected chi connectivity index (χ1v) is 6.55. The van der Waals surface area contributed by atoms with E-state index < -0.39 is 5.97 Å². The van der Waals surface area contributed by atoms with Gasteiger partial charge in [0.05, 0.1) is 6.42 Å². The zero-order valence-electron chi connectivity index (χ0n) is 11.2. The van der Waals surface area contributed by atoms with Crippen LogP contribution in [0.5, 0.6) is 0 Å². The Kier molecular flexibility index (Phi) is 3.51. The van der Waals surface area contributed by atoms with Gasteiger partial charge in [-0.15, -0.1) is 0 Å². The average molecular weight is 279 g/mol. The number of hydrogen-bond acceptors (Lipinski definition) is 3. The minimum atomic E-state index is -0.878. The summed E-state index contributed by atoms with van der Waals surface area (Å²) in [6.07, 6.45) is 1.53. The fraction of sp³-hybridized carbons (Fsp3) is 0.0588. The molecular weight excluding hydrogens is 266 g/mol. The van der Waals surface area contributed by atoms with E-state index in [-0.39, 0.29) is 6.42 Å². The second-order valence-electron chi connectivity index (χ2n) is 4.63. The van der Waals surface area contributed by atoms with Crippen LogP contribution in [0, 0.1) is 0 Å². The molecule has 4 nitrogen and oxygen atoms in total. The number of benzene rings is 2. The van der Waals surface area contributed by atoms with Crippen LogP contribution in [0.4, 0.5) is 0 Å². The highest BCUT2D eigenvalue weighted by atomic mass is 16.4. The lowest BCUT2D eigenvalue weighted by Gasteiger charge is -2.03. The maximum Gasteiger partial charge on any atom is 0.307 e. The zero-order chi connectivity index (χ0) is 14.7. The van der Waals surface area contributed by atoms with Crippen molar-refractivity contribution in [2.24, 2.45) is 0 Å². The Morgan fingerprint density at radius 1 is 1.05 bits per heavy atom. The van der Waals surface area contributed by atoms with Gasteiger partial charge in [0.15, 0.2) is 0 Å². The lowest BCUT2D eigenvalue weighted by Crippen LogP contribution is -2.01. The van der Waals surface area contributed by atoms with Crippen LogP contribution in [0.1, 0.15) is 5.56 Å². The highest BCUT2D eigenvalue weighted by molar-refractivity contribution is 5.75. The van der Waals surface area contributed by atoms with Gasteiger partial charge in [-0.3, -0.25) is 4.79 Å². The molecule has 0 bridgehead atoms. The normalized spacial score (nSPS) is 10.5. The quantitative estimate of drug-likeness (QED) is 0.792. The number of nitrogens with zero attached hydrogens (tertiary/aromatic N) is 1. The molecule has 0 saturated heterocycles. The number of oxazole rings is 1. The fourth-order valence-corrected chi connectivity index (χ4v) is 2.18. The Labute approximate surface area is 121 Å². The van der Waals surface area contributed by atoms with Crippen LogP contribution in [0.2, 0.25) is 0 Å². The molecule has 0 atom stereocenters. The molecule has 0 amide bonds. The summed E-state index contributed by atoms with van der Waals surface area (Å²) in [5.41, 5.74) is 3.09. The molecule has 1 aromatic heterocycles. The summed E-state index contributed by atoms with van der Waals surface area (Å²) < 4.78 is 5.52. The van der Waals surface area contributed by atoms with Gasteiger partial charge in [-0.05, 0) is 11.6 Å². The van der Waals surface area contributed by atoms with Crippen LogP contribution in [-0.2, 0) is 11.2 Å². The number of rotatable bonds is 4. The standard InChI is InChI=1S/C17H13NO3/c19-16(20)10-13-8-4-5-9-14(13)17-18-15(11-21-17)12-6-2-1-3-7-12/h1-9,11H,10H2,(H,19,20). The highest BCUT2D eigenvalue weighted by Gasteiger charge is 2.13. The number of aliphatic carboxylic acids is 1. The third-order valence-corrected chi connectivity index (χ3v) is 3.16. The van der Waals surface area contributed by atoms with Gasteiger partial charge >= 0.3 is 5.97 Å². The van der Waals surface area contributed by atoms with Gasteiger partial charge in [0, 0.05) is 11.1 Å². The summed E-state index contributed by atoms with van der Waals surface area (Å²) >= 11 is 0. The van der Waals surface area contributed by atoms with Crippen molar-refractivity contribution in [3.05, 3.63) is 66.4 Å². The number of aromatic nitrogens is 1. The number of carboxylic acids is 1. The summed E-state index contributed by atoms with van der Waals surface area (Å²) in [4.78, 5) is 15.4. The molecule has 4 heteroatoms. The monoisotopic (exact) mass is 279 g/mol. The maximum atomic E-state index is 10.9. The van der Waals surface area contributed by atoms with E-state index >= 15 is 0 Å². The van der Waals surface area contributed by atoms with E-state index in [0.717, 1.165) is 11.3 Å². The van der Waals surface area contributed by atoms with E-state index in [1.54, 1.807) is 12.3 Å². The summed E-state index contributed by atoms with van der Waals surface area (Å²) in [6, 6.07) is 16.9. The number of hydrogen-bond donors (Lipinski definition) is 1. The third-order valence-electron chi connectivity index (χ3n) is 3.16. The third kappa shape index (κ3) is 2.84. The van der Waals surface area contributed by atoms with Crippen LogP contribution in [-0.4, -0.2) is 16.1 Å². The molecule has 3 rings (SSSR count). The minimum absolute atomic E-state index is 0.0563. The summed E-state index contributed by atoms with van der Waals surface area (Å²) in [5, 5.41) is 8.97. The van der Waals surface area contributed by atoms with Crippen molar-refractivity contribution in [2.45, 2.75) is 6.42 Å². The first kappa shape index (κ1) is 13.1. The van der Waals surface area contributed by atoms with Crippen LogP contribution >= 0.6 is 0 Å². The molecular formula is C17H13NO3. The van der Waals surface area contributed by atoms with E-state index in [1.807, 2.05) is 48.5 Å². The lowest BCUT2D eigenvalue weighted by molar-refractivity contribution is -0.136. The first-order valence-electron chi connectivity index (χ1n) is 6.55. The van der Waals surface area contributed by atoms with Crippen LogP contribution in [0.3, 0.4) is 0 Å². The van der Waals surface area contributed by atoms with Gasteiger partial charge in [0.25, 0.3) is 0 Å². The van der Waals surface area contributed by atoms with Crippen molar-refractivity contribution in [3.8, 4) is 22.7 Å². The second-order valence-corrected chi connectivity index (χ2v) is 4.63. The van der Waals surface area contributed by atoms with Gasteiger partial charge in [0.1, 0.15) is 12.0 Å². The average Bonchev–Trinajstić information content (AvgIpc) is 2.98. The molecule has 0 aliphatic carbocycles. The fourth-order valence-electron chi connectivity index (χ4n) is 2.18. The molecule has 0 spiro atoms. The molecule has 0 fully saturated rings. The molecule has 21 heavy (non-hydrogen) atoms. The molecule has 2 aromatic carbocycles. The molecule has 1 heterocycles. The molecule has 3 aromatic rings. The summed E-state index contributed by atoms with van der Waals surface area (Å²) in [6.45, 7) is 0. The molecule has 0 unspecified atom stereocenters. The van der Waals surface area contributed by atoms with Crippen LogP contribution in [0.15, 0.2) is 65.3 Å². The van der Waals surface area contributed by atoms with E-state index in [0.29, 0.717) is 17.0 Å². The zero-order valence-corrected chi connectivity index (χ0v) is 11.2. The van der Waals surface area contributed by atoms with Crippen molar-refractivity contribution < 1.29 is 14.3 Å². The largest absolute Gasteiger partial charge is 0.481 e. The van der Waals surface area contributed by atoms with Crippen molar-refractivity contribution >= 4 is 5.97 Å². The summed E-state index contributed by atoms with van der Waals surface area (Å²) in [7, 11) is 0. The van der Waals surface area contributed by atoms with Gasteiger partial charge in [-0.2, -0.15) is 0 Å². The Hall–Kier alpha value is -2.88. The van der Waals surface area contributed by atoms with Crippen LogP contribution < -0.4 is 0 Å². The van der Waals surface area contributed by atoms with E-state index in [2.05, 4.69) is 4.98 Å². The smallest absolute Gasteiger partial charge is 0.307 e. The summed E-state index contributed by atoms with van der Waals surface area (Å²) in [5.74, 6) is -0.442. The topological polar surface area (TPSA) is 63.3 Å². The van der Waals surface area contributed by atoms with Crippen LogP contribution in [0.25, 0.3) is 22.7 Å². The molecule has 0 radical (unpaired) electrons. The minimum Gasteiger partial charge on any atom is -0.481 e. The predicted molar refractivity (Wildman–Crippen MR) is 78.7 cm³/mol. The molecule has 0 aliphatic rings. The van der Waals surface area contributed by atoms with Crippen molar-refractivity contribution in [3.63, 3.8) is 0 Å². The molecule has 0 aliphatic heterocycles. The van der Waals surface area contributed by atoms with E-state index in [1.165, 1.54) is 0 Å². The van der Waals surface area contributed by atoms with Gasteiger partial charge in [-0.25, -0.2) is 4.98 Å². The first-order chi connectivity index (χ1) is 10.2. The molecule has 104 valence electrons. The highest BCUT2D eigenvalue weighted by Crippen LogP contribution is 2.27. The van der Waals surface area contributed by atoms with Crippen molar-refractivity contribution in [2.75, 3.05) is 0 Å². The van der Waals surface area contributed by atoms with E-state index in [9.17, 15) is 4.79 Å². The van der Waals surface area contributed by atoms with E-state index in [4.69, 9.17) is 9.52 Å². The predicted octanol–water partition coefficient (Wildman–Crippen LogP) is 3.64. The SMILES string of the molecule is O=C(O)Cc1ccccc1-c1nc(-c2ccccc2)co1. The van der Waals surface area contributed by atoms with Gasteiger partial charge < -0.3 is 9.52 Å². The number of carboxylic acid groups (broad SMARTS) is 1. The Balaban J connectivity index is 1.99. The molecule has 1 N–H and O–H groups in total. The Morgan fingerprint density at radius 2 is 1.76 bits per heavy atom. The maximum absolute atomic E-state index is 10.9. The Bertz CT molecular complexity index is 762. The molecule has 0 saturated carbocycles. The number of carbonyl (C=O) groups is 1. The lowest BCUT2D eigenvalue weighted by atomic mass is 10.0. The van der Waals surface area contributed by atoms with Gasteiger partial charge in [-0.1, -0.05) is 48.5 Å². The van der Waals surface area contributed by atoms with Crippen molar-refractivity contribution in [1.29, 1.82) is 0 Å². The Morgan fingerprint density at radius 3 is 2.52 bits per heavy atom. The van der Waals surface area contributed by atoms with Crippen molar-refractivity contribution in [1.82, 2.24) is 4.98 Å². The second kappa shape index (κ2) is 5.63.